The second-order valence-corrected chi connectivity index (χ2v) is 5.03. The Hall–Kier alpha value is -1.88. The van der Waals surface area contributed by atoms with Gasteiger partial charge in [-0.2, -0.15) is 5.10 Å². The molecule has 1 aliphatic rings. The zero-order valence-corrected chi connectivity index (χ0v) is 11.6. The van der Waals surface area contributed by atoms with Gasteiger partial charge in [-0.25, -0.2) is 0 Å². The van der Waals surface area contributed by atoms with Crippen LogP contribution in [0.1, 0.15) is 22.0 Å². The monoisotopic (exact) mass is 318 g/mol. The van der Waals surface area contributed by atoms with Crippen molar-refractivity contribution in [1.82, 2.24) is 5.43 Å². The maximum atomic E-state index is 12.4. The summed E-state index contributed by atoms with van der Waals surface area (Å²) in [4.78, 5) is 12.4. The van der Waals surface area contributed by atoms with E-state index >= 15 is 0 Å². The molecule has 2 heterocycles. The molecule has 0 saturated heterocycles. The largest absolute Gasteiger partial charge is 0.454 e. The average Bonchev–Trinajstić information content (AvgIpc) is 3.07. The third kappa shape index (κ3) is 2.33. The fourth-order valence-corrected chi connectivity index (χ4v) is 2.41. The molecule has 0 fully saturated rings. The number of nitrogens with one attached hydrogen (secondary N) is 1. The fourth-order valence-electron chi connectivity index (χ4n) is 2.09. The Morgan fingerprint density at radius 1 is 1.26 bits per heavy atom. The predicted octanol–water partition coefficient (Wildman–Crippen LogP) is 2.97. The van der Waals surface area contributed by atoms with Gasteiger partial charge in [0, 0.05) is 12.1 Å². The van der Waals surface area contributed by atoms with E-state index in [-0.39, 0.29) is 11.7 Å². The summed E-state index contributed by atoms with van der Waals surface area (Å²) in [7, 11) is 0. The van der Waals surface area contributed by atoms with Gasteiger partial charge in [0.1, 0.15) is 11.5 Å². The quantitative estimate of drug-likeness (QED) is 0.885. The third-order valence-corrected chi connectivity index (χ3v) is 3.46. The molecule has 1 aromatic carbocycles. The highest BCUT2D eigenvalue weighted by Crippen LogP contribution is 2.26. The zero-order valence-electron chi connectivity index (χ0n) is 9.97. The normalized spacial score (nSPS) is 17.9. The number of halogens is 1. The Morgan fingerprint density at radius 2 is 2.05 bits per heavy atom. The molecule has 3 rings (SSSR count). The highest BCUT2D eigenvalue weighted by atomic mass is 79.9. The van der Waals surface area contributed by atoms with E-state index in [1.165, 1.54) is 0 Å². The molecule has 2 aromatic rings. The van der Waals surface area contributed by atoms with Gasteiger partial charge in [-0.15, -0.1) is 0 Å². The van der Waals surface area contributed by atoms with Crippen LogP contribution in [0.15, 0.2) is 56.7 Å². The third-order valence-electron chi connectivity index (χ3n) is 3.03. The molecule has 0 aliphatic carbocycles. The van der Waals surface area contributed by atoms with Crippen LogP contribution in [0.2, 0.25) is 0 Å². The molecular weight excluding hydrogens is 308 g/mol. The van der Waals surface area contributed by atoms with Gasteiger partial charge in [0.15, 0.2) is 4.67 Å². The summed E-state index contributed by atoms with van der Waals surface area (Å²) in [5, 5.41) is 4.12. The van der Waals surface area contributed by atoms with Gasteiger partial charge in [0.25, 0.3) is 0 Å². The van der Waals surface area contributed by atoms with Crippen LogP contribution >= 0.6 is 15.9 Å². The number of hydrazone groups is 1. The summed E-state index contributed by atoms with van der Waals surface area (Å²) >= 11 is 3.27. The van der Waals surface area contributed by atoms with Crippen molar-refractivity contribution in [3.63, 3.8) is 0 Å². The summed E-state index contributed by atoms with van der Waals surface area (Å²) < 4.78 is 6.18. The molecule has 0 spiro atoms. The molecule has 0 radical (unpaired) electrons. The summed E-state index contributed by atoms with van der Waals surface area (Å²) in [6.07, 6.45) is 0. The Labute approximate surface area is 118 Å². The average molecular weight is 319 g/mol. The van der Waals surface area contributed by atoms with Crippen molar-refractivity contribution in [2.24, 2.45) is 5.10 Å². The van der Waals surface area contributed by atoms with E-state index in [9.17, 15) is 4.79 Å². The van der Waals surface area contributed by atoms with E-state index in [0.717, 1.165) is 5.76 Å². The van der Waals surface area contributed by atoms with Gasteiger partial charge in [0.05, 0.1) is 5.92 Å². The van der Waals surface area contributed by atoms with Crippen LogP contribution in [-0.4, -0.2) is 18.0 Å². The highest BCUT2D eigenvalue weighted by Gasteiger charge is 2.31. The molecule has 5 heteroatoms. The number of hydrogen-bond acceptors (Lipinski definition) is 4. The number of ketones is 1. The Bertz CT molecular complexity index is 634. The van der Waals surface area contributed by atoms with Gasteiger partial charge >= 0.3 is 0 Å². The molecule has 0 amide bonds. The molecule has 1 aromatic heterocycles. The minimum Gasteiger partial charge on any atom is -0.454 e. The van der Waals surface area contributed by atoms with Crippen molar-refractivity contribution < 1.29 is 9.21 Å². The number of Topliss-reactive ketones (excluding diaryl/α,β-unsaturated/α-hetero) is 1. The maximum Gasteiger partial charge on any atom is 0.209 e. The number of rotatable bonds is 3. The standard InChI is InChI=1S/C14H11BrN2O2/c15-12-7-6-11(19-12)10-8-16-17-13(10)14(18)9-4-2-1-3-5-9/h1-7,10,16H,8H2. The maximum absolute atomic E-state index is 12.4. The summed E-state index contributed by atoms with van der Waals surface area (Å²) in [6, 6.07) is 12.8. The van der Waals surface area contributed by atoms with Crippen LogP contribution in [0.4, 0.5) is 0 Å². The molecule has 1 aliphatic heterocycles. The minimum atomic E-state index is -0.140. The molecule has 4 nitrogen and oxygen atoms in total. The zero-order chi connectivity index (χ0) is 13.2. The van der Waals surface area contributed by atoms with Crippen molar-refractivity contribution in [1.29, 1.82) is 0 Å². The molecule has 19 heavy (non-hydrogen) atoms. The van der Waals surface area contributed by atoms with Crippen LogP contribution in [0.5, 0.6) is 0 Å². The molecule has 96 valence electrons. The minimum absolute atomic E-state index is 0.0666. The lowest BCUT2D eigenvalue weighted by Gasteiger charge is -2.08. The summed E-state index contributed by atoms with van der Waals surface area (Å²) in [5.74, 6) is 0.530. The van der Waals surface area contributed by atoms with E-state index in [1.807, 2.05) is 30.3 Å². The van der Waals surface area contributed by atoms with E-state index in [0.29, 0.717) is 22.5 Å². The van der Waals surface area contributed by atoms with Gasteiger partial charge in [0.2, 0.25) is 5.78 Å². The van der Waals surface area contributed by atoms with Crippen LogP contribution in [0.25, 0.3) is 0 Å². The first-order valence-corrected chi connectivity index (χ1v) is 6.70. The fraction of sp³-hybridized carbons (Fsp3) is 0.143. The first-order valence-electron chi connectivity index (χ1n) is 5.91. The smallest absolute Gasteiger partial charge is 0.209 e. The number of hydrogen-bond donors (Lipinski definition) is 1. The van der Waals surface area contributed by atoms with Crippen LogP contribution < -0.4 is 5.43 Å². The van der Waals surface area contributed by atoms with Gasteiger partial charge in [-0.3, -0.25) is 4.79 Å². The lowest BCUT2D eigenvalue weighted by molar-refractivity contribution is 0.106. The first-order chi connectivity index (χ1) is 9.25. The highest BCUT2D eigenvalue weighted by molar-refractivity contribution is 9.10. The predicted molar refractivity (Wildman–Crippen MR) is 75.4 cm³/mol. The van der Waals surface area contributed by atoms with Crippen LogP contribution in [0, 0.1) is 0 Å². The van der Waals surface area contributed by atoms with Crippen molar-refractivity contribution in [2.75, 3.05) is 6.54 Å². The van der Waals surface area contributed by atoms with Crippen LogP contribution in [-0.2, 0) is 0 Å². The SMILES string of the molecule is O=C(C1=NNCC1c1ccc(Br)o1)c1ccccc1. The van der Waals surface area contributed by atoms with Crippen molar-refractivity contribution in [3.8, 4) is 0 Å². The number of carbonyl (C=O) groups is 1. The molecule has 0 bridgehead atoms. The Morgan fingerprint density at radius 3 is 2.74 bits per heavy atom. The molecule has 1 unspecified atom stereocenters. The Balaban J connectivity index is 1.90. The van der Waals surface area contributed by atoms with Crippen LogP contribution in [0.3, 0.4) is 0 Å². The second-order valence-electron chi connectivity index (χ2n) is 4.25. The molecular formula is C14H11BrN2O2. The summed E-state index contributed by atoms with van der Waals surface area (Å²) in [6.45, 7) is 0.577. The molecule has 1 atom stereocenters. The van der Waals surface area contributed by atoms with E-state index in [4.69, 9.17) is 4.42 Å². The second kappa shape index (κ2) is 5.01. The van der Waals surface area contributed by atoms with Gasteiger partial charge in [-0.05, 0) is 28.1 Å². The first kappa shape index (κ1) is 12.2. The Kier molecular flexibility index (Phi) is 3.21. The van der Waals surface area contributed by atoms with Crippen molar-refractivity contribution >= 4 is 27.4 Å². The van der Waals surface area contributed by atoms with Gasteiger partial charge < -0.3 is 9.84 Å². The topological polar surface area (TPSA) is 54.6 Å². The van der Waals surface area contributed by atoms with E-state index in [1.54, 1.807) is 12.1 Å². The van der Waals surface area contributed by atoms with Crippen molar-refractivity contribution in [2.45, 2.75) is 5.92 Å². The molecule has 0 saturated carbocycles. The molecule has 1 N–H and O–H groups in total. The van der Waals surface area contributed by atoms with E-state index in [2.05, 4.69) is 26.5 Å². The van der Waals surface area contributed by atoms with E-state index < -0.39 is 0 Å². The van der Waals surface area contributed by atoms with Crippen molar-refractivity contribution in [3.05, 3.63) is 58.5 Å². The lowest BCUT2D eigenvalue weighted by Crippen LogP contribution is -2.21. The lowest BCUT2D eigenvalue weighted by atomic mass is 9.95. The van der Waals surface area contributed by atoms with Gasteiger partial charge in [-0.1, -0.05) is 30.3 Å². The number of nitrogens with zero attached hydrogens (tertiary/aromatic N) is 1. The summed E-state index contributed by atoms with van der Waals surface area (Å²) in [5.41, 5.74) is 4.01. The number of benzene rings is 1. The number of furan rings is 1. The number of carbonyl (C=O) groups excluding carboxylic acids is 1.